The third-order valence-corrected chi connectivity index (χ3v) is 11.8. The Kier molecular flexibility index (Phi) is 10.1. The first-order valence-corrected chi connectivity index (χ1v) is 16.0. The number of aliphatic hydroxyl groups excluding tert-OH is 1. The number of nitrogens with zero attached hydrogens (tertiary/aromatic N) is 2. The summed E-state index contributed by atoms with van der Waals surface area (Å²) in [6.45, 7) is 11.7. The molecule has 10 heteroatoms. The quantitative estimate of drug-likeness (QED) is 0.136. The number of anilines is 1. The average molecular weight is 654 g/mol. The number of amides is 2. The van der Waals surface area contributed by atoms with Crippen molar-refractivity contribution in [1.82, 2.24) is 4.90 Å². The highest BCUT2D eigenvalue weighted by Gasteiger charge is 2.76. The summed E-state index contributed by atoms with van der Waals surface area (Å²) in [4.78, 5) is 45.6. The lowest BCUT2D eigenvalue weighted by atomic mass is 9.71. The number of likely N-dealkylation sites (tertiary alicyclic amines) is 1. The van der Waals surface area contributed by atoms with Crippen molar-refractivity contribution in [2.24, 2.45) is 17.8 Å². The van der Waals surface area contributed by atoms with E-state index in [4.69, 9.17) is 16.3 Å². The zero-order chi connectivity index (χ0) is 29.2. The molecular formula is C30H38BrClN2O5S. The van der Waals surface area contributed by atoms with Crippen molar-refractivity contribution in [1.29, 1.82) is 0 Å². The highest BCUT2D eigenvalue weighted by atomic mass is 79.9. The molecule has 7 atom stereocenters. The van der Waals surface area contributed by atoms with E-state index in [1.54, 1.807) is 51.9 Å². The van der Waals surface area contributed by atoms with Gasteiger partial charge in [-0.1, -0.05) is 53.5 Å². The number of aliphatic hydroxyl groups is 1. The molecule has 4 rings (SSSR count). The van der Waals surface area contributed by atoms with Gasteiger partial charge in [-0.3, -0.25) is 14.4 Å². The number of unbranched alkanes of at least 4 members (excludes halogenated alkanes) is 2. The van der Waals surface area contributed by atoms with Crippen LogP contribution in [0.3, 0.4) is 0 Å². The number of hydrogen-bond acceptors (Lipinski definition) is 6. The number of carbonyl (C=O) groups is 3. The molecule has 3 heterocycles. The van der Waals surface area contributed by atoms with E-state index < -0.39 is 28.7 Å². The number of esters is 1. The van der Waals surface area contributed by atoms with Gasteiger partial charge >= 0.3 is 5.97 Å². The number of hydrogen-bond donors (Lipinski definition) is 1. The van der Waals surface area contributed by atoms with E-state index in [0.717, 1.165) is 12.8 Å². The Bertz CT molecular complexity index is 1130. The maximum Gasteiger partial charge on any atom is 0.310 e. The van der Waals surface area contributed by atoms with Gasteiger partial charge in [-0.2, -0.15) is 0 Å². The van der Waals surface area contributed by atoms with Gasteiger partial charge in [0.05, 0.1) is 35.8 Å². The Morgan fingerprint density at radius 1 is 1.27 bits per heavy atom. The van der Waals surface area contributed by atoms with Crippen molar-refractivity contribution in [3.63, 3.8) is 0 Å². The van der Waals surface area contributed by atoms with E-state index in [-0.39, 0.29) is 53.5 Å². The lowest BCUT2D eigenvalue weighted by Gasteiger charge is -2.40. The normalized spacial score (nSPS) is 29.4. The second-order valence-corrected chi connectivity index (χ2v) is 14.2. The summed E-state index contributed by atoms with van der Waals surface area (Å²) < 4.78 is 4.87. The Labute approximate surface area is 254 Å². The minimum atomic E-state index is -0.874. The zero-order valence-corrected chi connectivity index (χ0v) is 26.2. The van der Waals surface area contributed by atoms with Crippen LogP contribution in [-0.2, 0) is 19.1 Å². The summed E-state index contributed by atoms with van der Waals surface area (Å²) in [5, 5.41) is 10.8. The molecule has 2 bridgehead atoms. The van der Waals surface area contributed by atoms with Crippen molar-refractivity contribution in [3.8, 4) is 0 Å². The van der Waals surface area contributed by atoms with Gasteiger partial charge in [-0.15, -0.1) is 24.9 Å². The highest BCUT2D eigenvalue weighted by molar-refractivity contribution is 9.09. The standard InChI is InChI=1S/C30H38BrClN2O5S/c1-5-7-8-9-15-39-29(38)23-24-27(36)34(22(17-35)18(3)4)26(30(24)16-21(31)25(23)40-30)28(37)33(14-6-2)20-12-10-19(32)11-13-20/h5-6,10-13,18,21-26,35H,1-2,7-9,14-17H2,3-4H3/t21?,22-,23-,24-,25-,26?,30?/m0/s1. The number of alkyl halides is 1. The summed E-state index contributed by atoms with van der Waals surface area (Å²) in [6, 6.07) is 5.52. The molecular weight excluding hydrogens is 616 g/mol. The molecule has 0 aliphatic carbocycles. The SMILES string of the molecule is C=CCCCCOC(=O)[C@H]1[C@H]2C(=O)N([C@@H](CO)C(C)C)C(C(=O)N(CC=C)c3ccc(Cl)cc3)C23CC(Br)[C@@H]1S3. The largest absolute Gasteiger partial charge is 0.465 e. The van der Waals surface area contributed by atoms with Gasteiger partial charge in [-0.25, -0.2) is 0 Å². The summed E-state index contributed by atoms with van der Waals surface area (Å²) in [7, 11) is 0. The summed E-state index contributed by atoms with van der Waals surface area (Å²) in [6.07, 6.45) is 6.46. The van der Waals surface area contributed by atoms with Crippen molar-refractivity contribution < 1.29 is 24.2 Å². The first-order chi connectivity index (χ1) is 19.1. The number of benzene rings is 1. The van der Waals surface area contributed by atoms with Gasteiger partial charge in [0.1, 0.15) is 6.04 Å². The van der Waals surface area contributed by atoms with Gasteiger partial charge in [0.25, 0.3) is 5.91 Å². The molecule has 7 nitrogen and oxygen atoms in total. The molecule has 2 amide bonds. The van der Waals surface area contributed by atoms with Crippen LogP contribution in [0, 0.1) is 17.8 Å². The average Bonchev–Trinajstić information content (AvgIpc) is 3.51. The maximum absolute atomic E-state index is 14.6. The topological polar surface area (TPSA) is 87.1 Å². The van der Waals surface area contributed by atoms with Crippen LogP contribution in [-0.4, -0.2) is 74.5 Å². The van der Waals surface area contributed by atoms with E-state index in [2.05, 4.69) is 29.1 Å². The smallest absolute Gasteiger partial charge is 0.310 e. The van der Waals surface area contributed by atoms with E-state index >= 15 is 0 Å². The molecule has 3 fully saturated rings. The monoisotopic (exact) mass is 652 g/mol. The Morgan fingerprint density at radius 2 is 1.98 bits per heavy atom. The van der Waals surface area contributed by atoms with Crippen LogP contribution in [0.4, 0.5) is 5.69 Å². The maximum atomic E-state index is 14.6. The van der Waals surface area contributed by atoms with Crippen LogP contribution < -0.4 is 4.90 Å². The van der Waals surface area contributed by atoms with Gasteiger partial charge in [0, 0.05) is 27.3 Å². The van der Waals surface area contributed by atoms with E-state index in [1.165, 1.54) is 0 Å². The van der Waals surface area contributed by atoms with E-state index in [0.29, 0.717) is 23.6 Å². The highest BCUT2D eigenvalue weighted by Crippen LogP contribution is 2.68. The van der Waals surface area contributed by atoms with Crippen molar-refractivity contribution in [2.45, 2.75) is 66.4 Å². The van der Waals surface area contributed by atoms with Crippen molar-refractivity contribution >= 4 is 62.8 Å². The second-order valence-electron chi connectivity index (χ2n) is 11.1. The number of carbonyl (C=O) groups excluding carboxylic acids is 3. The molecule has 1 aromatic carbocycles. The van der Waals surface area contributed by atoms with E-state index in [9.17, 15) is 19.5 Å². The minimum Gasteiger partial charge on any atom is -0.465 e. The number of fused-ring (bicyclic) bond motifs is 1. The molecule has 0 saturated carbocycles. The van der Waals surface area contributed by atoms with Gasteiger partial charge in [0.15, 0.2) is 0 Å². The third kappa shape index (κ3) is 5.51. The van der Waals surface area contributed by atoms with Crippen LogP contribution in [0.5, 0.6) is 0 Å². The first kappa shape index (κ1) is 31.1. The Hall–Kier alpha value is -1.81. The fourth-order valence-electron chi connectivity index (χ4n) is 6.47. The predicted molar refractivity (Wildman–Crippen MR) is 164 cm³/mol. The van der Waals surface area contributed by atoms with Crippen LogP contribution in [0.1, 0.15) is 39.5 Å². The summed E-state index contributed by atoms with van der Waals surface area (Å²) >= 11 is 11.5. The molecule has 3 unspecified atom stereocenters. The molecule has 218 valence electrons. The van der Waals surface area contributed by atoms with Crippen molar-refractivity contribution in [2.75, 3.05) is 24.7 Å². The van der Waals surface area contributed by atoms with Gasteiger partial charge < -0.3 is 19.6 Å². The van der Waals surface area contributed by atoms with Crippen molar-refractivity contribution in [3.05, 3.63) is 54.6 Å². The zero-order valence-electron chi connectivity index (χ0n) is 23.0. The molecule has 3 aliphatic rings. The van der Waals surface area contributed by atoms with E-state index in [1.807, 2.05) is 19.9 Å². The fraction of sp³-hybridized carbons (Fsp3) is 0.567. The first-order valence-electron chi connectivity index (χ1n) is 13.8. The molecule has 0 aromatic heterocycles. The van der Waals surface area contributed by atoms with Gasteiger partial charge in [0.2, 0.25) is 5.91 Å². The van der Waals surface area contributed by atoms with Crippen LogP contribution in [0.2, 0.25) is 5.02 Å². The number of thioether (sulfide) groups is 1. The Morgan fingerprint density at radius 3 is 2.58 bits per heavy atom. The molecule has 3 saturated heterocycles. The third-order valence-electron chi connectivity index (χ3n) is 8.31. The number of rotatable bonds is 13. The molecule has 1 aromatic rings. The lowest BCUT2D eigenvalue weighted by Crippen LogP contribution is -2.59. The minimum absolute atomic E-state index is 0.0647. The summed E-state index contributed by atoms with van der Waals surface area (Å²) in [5.74, 6) is -2.41. The molecule has 0 radical (unpaired) electrons. The van der Waals surface area contributed by atoms with Crippen LogP contribution in [0.15, 0.2) is 49.6 Å². The number of ether oxygens (including phenoxy) is 1. The predicted octanol–water partition coefficient (Wildman–Crippen LogP) is 5.24. The molecule has 1 spiro atoms. The molecule has 40 heavy (non-hydrogen) atoms. The number of halogens is 2. The molecule has 1 N–H and O–H groups in total. The van der Waals surface area contributed by atoms with Crippen LogP contribution >= 0.6 is 39.3 Å². The van der Waals surface area contributed by atoms with Crippen LogP contribution in [0.25, 0.3) is 0 Å². The van der Waals surface area contributed by atoms with Gasteiger partial charge in [-0.05, 0) is 55.9 Å². The molecule has 3 aliphatic heterocycles. The summed E-state index contributed by atoms with van der Waals surface area (Å²) in [5.41, 5.74) is 0.634. The Balaban J connectivity index is 1.75. The lowest BCUT2D eigenvalue weighted by molar-refractivity contribution is -0.154. The second kappa shape index (κ2) is 13.0. The fourth-order valence-corrected chi connectivity index (χ4v) is 10.2. The number of allylic oxidation sites excluding steroid dienone is 1.